The molecule has 0 amide bonds. The van der Waals surface area contributed by atoms with Crippen molar-refractivity contribution in [3.63, 3.8) is 0 Å². The van der Waals surface area contributed by atoms with Crippen LogP contribution in [0.4, 0.5) is 0 Å². The normalized spacial score (nSPS) is 18.5. The van der Waals surface area contributed by atoms with Crippen molar-refractivity contribution >= 4 is 89.2 Å². The summed E-state index contributed by atoms with van der Waals surface area (Å²) in [5, 5.41) is 0. The molecule has 0 aliphatic heterocycles. The zero-order chi connectivity index (χ0) is 39.8. The highest BCUT2D eigenvalue weighted by atomic mass is 33.5. The number of hydrogen-bond acceptors (Lipinski definition) is 15. The lowest BCUT2D eigenvalue weighted by molar-refractivity contribution is 0.0658. The molecule has 0 aromatic carbocycles. The minimum Gasteiger partial charge on any atom is -0.374 e. The number of rotatable bonds is 39. The molecular weight excluding hydrogens is 853 g/mol. The molecule has 0 aromatic heterocycles. The molecule has 0 aromatic rings. The summed E-state index contributed by atoms with van der Waals surface area (Å²) in [5.41, 5.74) is 0. The van der Waals surface area contributed by atoms with Crippen LogP contribution < -0.4 is 0 Å². The Bertz CT molecular complexity index is 817. The van der Waals surface area contributed by atoms with Gasteiger partial charge in [0.2, 0.25) is 0 Å². The minimum absolute atomic E-state index is 0.639. The standard InChI is InChI=1S/C36H78O9S6Si3/c1-10-37-52(38-11-2,39-12-3)30-19-26-46-50-48-28-23-34-21-22-35(36(33-34)25-32-54(43-16-7,44-17-8)45-18-9)24-29-49-51-47-27-20-31-53(40-13-4,41-14-5)42-15-6/h34-36H,10-33H2,1-9H3. The molecule has 0 N–H and O–H groups in total. The van der Waals surface area contributed by atoms with Crippen molar-refractivity contribution in [1.29, 1.82) is 0 Å². The maximum Gasteiger partial charge on any atom is 0.500 e. The van der Waals surface area contributed by atoms with E-state index in [1.165, 1.54) is 43.6 Å². The van der Waals surface area contributed by atoms with Gasteiger partial charge in [-0.15, -0.1) is 0 Å². The van der Waals surface area contributed by atoms with Crippen LogP contribution in [0.25, 0.3) is 0 Å². The van der Waals surface area contributed by atoms with Crippen molar-refractivity contribution in [2.45, 2.75) is 132 Å². The van der Waals surface area contributed by atoms with E-state index in [1.54, 1.807) is 0 Å². The fraction of sp³-hybridized carbons (Fsp3) is 1.00. The van der Waals surface area contributed by atoms with Gasteiger partial charge in [0.05, 0.1) is 0 Å². The third-order valence-electron chi connectivity index (χ3n) is 9.14. The Hall–Kier alpha value is 2.39. The Balaban J connectivity index is 2.61. The fourth-order valence-corrected chi connectivity index (χ4v) is 23.5. The van der Waals surface area contributed by atoms with Crippen molar-refractivity contribution in [3.8, 4) is 0 Å². The minimum atomic E-state index is -2.66. The van der Waals surface area contributed by atoms with Crippen molar-refractivity contribution in [2.24, 2.45) is 17.8 Å². The van der Waals surface area contributed by atoms with E-state index in [9.17, 15) is 0 Å². The molecule has 0 bridgehead atoms. The van der Waals surface area contributed by atoms with Gasteiger partial charge in [-0.3, -0.25) is 0 Å². The van der Waals surface area contributed by atoms with Crippen molar-refractivity contribution in [1.82, 2.24) is 0 Å². The Kier molecular flexibility index (Phi) is 35.3. The molecule has 0 radical (unpaired) electrons. The SMILES string of the molecule is CCO[Si](CCCSSSCCC1CCC(CCSSSCCC[Si](OCC)(OCC)OCC)C(CC[Si](OCC)(OCC)OCC)C1)(OCC)OCC. The van der Waals surface area contributed by atoms with Gasteiger partial charge in [0.25, 0.3) is 0 Å². The second-order valence-corrected chi connectivity index (χ2v) is 30.0. The van der Waals surface area contributed by atoms with Gasteiger partial charge in [0.15, 0.2) is 0 Å². The van der Waals surface area contributed by atoms with Crippen LogP contribution in [-0.2, 0) is 39.8 Å². The average molecular weight is 932 g/mol. The zero-order valence-electron chi connectivity index (χ0n) is 35.3. The molecule has 0 spiro atoms. The summed E-state index contributed by atoms with van der Waals surface area (Å²) in [5.74, 6) is 6.81. The monoisotopic (exact) mass is 930 g/mol. The summed E-state index contributed by atoms with van der Waals surface area (Å²) in [6, 6.07) is 2.70. The lowest BCUT2D eigenvalue weighted by atomic mass is 9.71. The van der Waals surface area contributed by atoms with E-state index in [4.69, 9.17) is 39.8 Å². The Morgan fingerprint density at radius 1 is 0.389 bits per heavy atom. The molecule has 0 saturated heterocycles. The molecule has 1 rings (SSSR count). The third kappa shape index (κ3) is 23.4. The van der Waals surface area contributed by atoms with Gasteiger partial charge in [-0.05, 0) is 145 Å². The fourth-order valence-electron chi connectivity index (χ4n) is 7.10. The molecular formula is C36H78O9S6Si3. The largest absolute Gasteiger partial charge is 0.500 e. The summed E-state index contributed by atoms with van der Waals surface area (Å²) in [4.78, 5) is 0. The van der Waals surface area contributed by atoms with E-state index in [1.807, 2.05) is 104 Å². The summed E-state index contributed by atoms with van der Waals surface area (Å²) < 4.78 is 55.0. The van der Waals surface area contributed by atoms with E-state index in [0.717, 1.165) is 60.7 Å². The quantitative estimate of drug-likeness (QED) is 0.0333. The van der Waals surface area contributed by atoms with Gasteiger partial charge in [-0.1, -0.05) is 49.6 Å². The molecule has 1 fully saturated rings. The molecule has 324 valence electrons. The van der Waals surface area contributed by atoms with Gasteiger partial charge in [-0.25, -0.2) is 0 Å². The van der Waals surface area contributed by atoms with Crippen LogP contribution in [0, 0.1) is 17.8 Å². The predicted octanol–water partition coefficient (Wildman–Crippen LogP) is 12.2. The third-order valence-corrected chi connectivity index (χ3v) is 27.3. The highest BCUT2D eigenvalue weighted by molar-refractivity contribution is 9.09. The molecule has 1 aliphatic carbocycles. The summed E-state index contributed by atoms with van der Waals surface area (Å²) in [7, 11) is 4.13. The van der Waals surface area contributed by atoms with Crippen LogP contribution in [0.5, 0.6) is 0 Å². The topological polar surface area (TPSA) is 83.1 Å². The summed E-state index contributed by atoms with van der Waals surface area (Å²) in [6.07, 6.45) is 9.81. The molecule has 54 heavy (non-hydrogen) atoms. The van der Waals surface area contributed by atoms with Crippen molar-refractivity contribution in [2.75, 3.05) is 82.5 Å². The number of hydrogen-bond donors (Lipinski definition) is 0. The molecule has 9 nitrogen and oxygen atoms in total. The Morgan fingerprint density at radius 2 is 0.741 bits per heavy atom. The molecule has 3 unspecified atom stereocenters. The molecule has 3 atom stereocenters. The molecule has 1 saturated carbocycles. The van der Waals surface area contributed by atoms with E-state index in [0.29, 0.717) is 65.4 Å². The van der Waals surface area contributed by atoms with Gasteiger partial charge < -0.3 is 39.8 Å². The van der Waals surface area contributed by atoms with Crippen LogP contribution in [0.15, 0.2) is 0 Å². The maximum absolute atomic E-state index is 6.28. The van der Waals surface area contributed by atoms with Crippen molar-refractivity contribution < 1.29 is 39.8 Å². The van der Waals surface area contributed by atoms with Gasteiger partial charge in [-0.2, -0.15) is 0 Å². The van der Waals surface area contributed by atoms with Crippen molar-refractivity contribution in [3.05, 3.63) is 0 Å². The molecule has 18 heteroatoms. The first-order chi connectivity index (χ1) is 26.3. The van der Waals surface area contributed by atoms with Crippen LogP contribution >= 0.6 is 62.8 Å². The molecule has 1 aliphatic rings. The van der Waals surface area contributed by atoms with Crippen LogP contribution in [0.3, 0.4) is 0 Å². The van der Waals surface area contributed by atoms with Gasteiger partial charge >= 0.3 is 26.4 Å². The maximum atomic E-state index is 6.28. The second-order valence-electron chi connectivity index (χ2n) is 12.9. The van der Waals surface area contributed by atoms with Crippen LogP contribution in [0.1, 0.15) is 114 Å². The lowest BCUT2D eigenvalue weighted by Crippen LogP contribution is -2.46. The first-order valence-electron chi connectivity index (χ1n) is 20.9. The van der Waals surface area contributed by atoms with Gasteiger partial charge in [0.1, 0.15) is 0 Å². The zero-order valence-corrected chi connectivity index (χ0v) is 43.2. The highest BCUT2D eigenvalue weighted by Crippen LogP contribution is 2.45. The smallest absolute Gasteiger partial charge is 0.374 e. The van der Waals surface area contributed by atoms with Crippen LogP contribution in [-0.4, -0.2) is 109 Å². The van der Waals surface area contributed by atoms with E-state index in [-0.39, 0.29) is 0 Å². The highest BCUT2D eigenvalue weighted by Gasteiger charge is 2.43. The summed E-state index contributed by atoms with van der Waals surface area (Å²) >= 11 is 0. The predicted molar refractivity (Wildman–Crippen MR) is 249 cm³/mol. The Morgan fingerprint density at radius 3 is 1.13 bits per heavy atom. The van der Waals surface area contributed by atoms with Gasteiger partial charge in [0, 0.05) is 101 Å². The lowest BCUT2D eigenvalue weighted by Gasteiger charge is -2.38. The van der Waals surface area contributed by atoms with E-state index < -0.39 is 26.4 Å². The first kappa shape index (κ1) is 54.4. The van der Waals surface area contributed by atoms with E-state index in [2.05, 4.69) is 20.8 Å². The van der Waals surface area contributed by atoms with Crippen LogP contribution in [0.2, 0.25) is 18.1 Å². The van der Waals surface area contributed by atoms with E-state index >= 15 is 0 Å². The molecule has 0 heterocycles. The first-order valence-corrected chi connectivity index (χ1v) is 34.3. The average Bonchev–Trinajstić information content (AvgIpc) is 3.14. The Labute approximate surface area is 358 Å². The summed E-state index contributed by atoms with van der Waals surface area (Å²) in [6.45, 7) is 24.1. The second kappa shape index (κ2) is 35.0.